The van der Waals surface area contributed by atoms with E-state index in [-0.39, 0.29) is 0 Å². The summed E-state index contributed by atoms with van der Waals surface area (Å²) < 4.78 is 5.27. The number of hydrogen-bond acceptors (Lipinski definition) is 3. The monoisotopic (exact) mass is 265 g/mol. The molecule has 0 spiro atoms. The minimum absolute atomic E-state index is 0.555. The van der Waals surface area contributed by atoms with Gasteiger partial charge in [-0.3, -0.25) is 0 Å². The minimum atomic E-state index is 0.555. The molecule has 0 saturated carbocycles. The third-order valence-electron chi connectivity index (χ3n) is 3.68. The molecule has 3 nitrogen and oxygen atoms in total. The number of hydrogen-bond donors (Lipinski definition) is 1. The molecule has 0 fully saturated rings. The molecule has 0 amide bonds. The lowest BCUT2D eigenvalue weighted by molar-refractivity contribution is 0.318. The lowest BCUT2D eigenvalue weighted by Gasteiger charge is -2.10. The van der Waals surface area contributed by atoms with Gasteiger partial charge in [-0.05, 0) is 34.4 Å². The van der Waals surface area contributed by atoms with Gasteiger partial charge in [0.1, 0.15) is 5.75 Å². The number of oxime groups is 1. The molecule has 0 aromatic heterocycles. The van der Waals surface area contributed by atoms with Crippen LogP contribution in [0, 0.1) is 0 Å². The van der Waals surface area contributed by atoms with Crippen molar-refractivity contribution in [2.75, 3.05) is 7.11 Å². The van der Waals surface area contributed by atoms with Crippen molar-refractivity contribution in [1.82, 2.24) is 0 Å². The van der Waals surface area contributed by atoms with Crippen molar-refractivity contribution >= 4 is 11.3 Å². The van der Waals surface area contributed by atoms with Crippen LogP contribution in [-0.2, 0) is 6.42 Å². The van der Waals surface area contributed by atoms with Crippen molar-refractivity contribution < 1.29 is 9.94 Å². The van der Waals surface area contributed by atoms with Crippen molar-refractivity contribution in [3.8, 4) is 5.75 Å². The molecule has 0 atom stereocenters. The van der Waals surface area contributed by atoms with E-state index < -0.39 is 0 Å². The zero-order valence-corrected chi connectivity index (χ0v) is 11.3. The van der Waals surface area contributed by atoms with Crippen LogP contribution >= 0.6 is 0 Å². The smallest absolute Gasteiger partial charge is 0.119 e. The number of fused-ring (bicyclic) bond motifs is 2. The summed E-state index contributed by atoms with van der Waals surface area (Å²) in [5, 5.41) is 12.8. The Hall–Kier alpha value is -2.55. The number of rotatable bonds is 1. The Bertz CT molecular complexity index is 717. The maximum Gasteiger partial charge on any atom is 0.119 e. The molecule has 0 unspecified atom stereocenters. The molecule has 2 aromatic carbocycles. The molecule has 3 rings (SSSR count). The molecule has 1 aliphatic rings. The summed E-state index contributed by atoms with van der Waals surface area (Å²) in [6.07, 6.45) is 0.555. The summed E-state index contributed by atoms with van der Waals surface area (Å²) in [5.74, 6) is 0.791. The van der Waals surface area contributed by atoms with Gasteiger partial charge in [-0.15, -0.1) is 0 Å². The Morgan fingerprint density at radius 1 is 1.10 bits per heavy atom. The van der Waals surface area contributed by atoms with Crippen LogP contribution in [0.2, 0.25) is 0 Å². The van der Waals surface area contributed by atoms with E-state index >= 15 is 0 Å². The van der Waals surface area contributed by atoms with Crippen LogP contribution in [0.1, 0.15) is 22.3 Å². The van der Waals surface area contributed by atoms with Crippen molar-refractivity contribution in [2.45, 2.75) is 6.42 Å². The first kappa shape index (κ1) is 12.5. The van der Waals surface area contributed by atoms with E-state index in [0.29, 0.717) is 12.1 Å². The van der Waals surface area contributed by atoms with E-state index in [1.165, 1.54) is 0 Å². The summed E-state index contributed by atoms with van der Waals surface area (Å²) in [7, 11) is 1.64. The van der Waals surface area contributed by atoms with Crippen LogP contribution in [0.5, 0.6) is 5.75 Å². The third-order valence-corrected chi connectivity index (χ3v) is 3.68. The highest BCUT2D eigenvalue weighted by Crippen LogP contribution is 2.34. The highest BCUT2D eigenvalue weighted by Gasteiger charge is 2.21. The van der Waals surface area contributed by atoms with Crippen LogP contribution < -0.4 is 4.74 Å². The van der Waals surface area contributed by atoms with Gasteiger partial charge in [-0.2, -0.15) is 0 Å². The second-order valence-electron chi connectivity index (χ2n) is 4.77. The molecule has 0 aliphatic heterocycles. The molecular weight excluding hydrogens is 250 g/mol. The SMILES string of the molecule is C=C1c2ccc(OC)cc2CC(=NO)c2ccccc21. The molecule has 0 saturated heterocycles. The normalized spacial score (nSPS) is 15.4. The van der Waals surface area contributed by atoms with Crippen LogP contribution in [0.3, 0.4) is 0 Å². The fourth-order valence-corrected chi connectivity index (χ4v) is 2.65. The lowest BCUT2D eigenvalue weighted by Crippen LogP contribution is -2.05. The molecule has 1 aliphatic carbocycles. The van der Waals surface area contributed by atoms with Gasteiger partial charge in [0.05, 0.1) is 12.8 Å². The predicted molar refractivity (Wildman–Crippen MR) is 79.6 cm³/mol. The summed E-state index contributed by atoms with van der Waals surface area (Å²) >= 11 is 0. The molecule has 3 heteroatoms. The average molecular weight is 265 g/mol. The number of methoxy groups -OCH3 is 1. The molecule has 20 heavy (non-hydrogen) atoms. The first-order valence-corrected chi connectivity index (χ1v) is 6.41. The molecule has 2 aromatic rings. The quantitative estimate of drug-likeness (QED) is 0.633. The van der Waals surface area contributed by atoms with E-state index in [1.807, 2.05) is 42.5 Å². The van der Waals surface area contributed by atoms with Gasteiger partial charge < -0.3 is 9.94 Å². The topological polar surface area (TPSA) is 41.8 Å². The average Bonchev–Trinajstić information content (AvgIpc) is 2.62. The van der Waals surface area contributed by atoms with Crippen molar-refractivity contribution in [2.24, 2.45) is 5.16 Å². The Kier molecular flexibility index (Phi) is 3.03. The van der Waals surface area contributed by atoms with Gasteiger partial charge in [0, 0.05) is 12.0 Å². The Morgan fingerprint density at radius 3 is 2.55 bits per heavy atom. The van der Waals surface area contributed by atoms with Crippen LogP contribution in [0.4, 0.5) is 0 Å². The maximum absolute atomic E-state index is 9.33. The zero-order valence-electron chi connectivity index (χ0n) is 11.3. The largest absolute Gasteiger partial charge is 0.497 e. The second kappa shape index (κ2) is 4.85. The molecule has 0 bridgehead atoms. The fraction of sp³-hybridized carbons (Fsp3) is 0.118. The minimum Gasteiger partial charge on any atom is -0.497 e. The van der Waals surface area contributed by atoms with Crippen LogP contribution in [-0.4, -0.2) is 18.0 Å². The molecular formula is C17H15NO2. The fourth-order valence-electron chi connectivity index (χ4n) is 2.65. The summed E-state index contributed by atoms with van der Waals surface area (Å²) in [6, 6.07) is 13.8. The van der Waals surface area contributed by atoms with E-state index in [2.05, 4.69) is 11.7 Å². The number of ether oxygens (including phenoxy) is 1. The predicted octanol–water partition coefficient (Wildman–Crippen LogP) is 3.49. The molecule has 1 N–H and O–H groups in total. The van der Waals surface area contributed by atoms with Gasteiger partial charge >= 0.3 is 0 Å². The lowest BCUT2D eigenvalue weighted by atomic mass is 9.95. The molecule has 0 heterocycles. The third kappa shape index (κ3) is 1.88. The van der Waals surface area contributed by atoms with Gasteiger partial charge in [0.2, 0.25) is 0 Å². The molecule has 0 radical (unpaired) electrons. The van der Waals surface area contributed by atoms with Gasteiger partial charge in [0.15, 0.2) is 0 Å². The number of benzene rings is 2. The van der Waals surface area contributed by atoms with Crippen molar-refractivity contribution in [3.63, 3.8) is 0 Å². The van der Waals surface area contributed by atoms with E-state index in [4.69, 9.17) is 4.74 Å². The van der Waals surface area contributed by atoms with Crippen molar-refractivity contribution in [3.05, 3.63) is 71.3 Å². The summed E-state index contributed by atoms with van der Waals surface area (Å²) in [4.78, 5) is 0. The molecule has 100 valence electrons. The van der Waals surface area contributed by atoms with Gasteiger partial charge in [-0.1, -0.05) is 42.1 Å². The van der Waals surface area contributed by atoms with Crippen LogP contribution in [0.15, 0.2) is 54.2 Å². The Morgan fingerprint density at radius 2 is 1.85 bits per heavy atom. The van der Waals surface area contributed by atoms with E-state index in [1.54, 1.807) is 7.11 Å². The number of nitrogens with zero attached hydrogens (tertiary/aromatic N) is 1. The van der Waals surface area contributed by atoms with Crippen molar-refractivity contribution in [1.29, 1.82) is 0 Å². The van der Waals surface area contributed by atoms with Crippen LogP contribution in [0.25, 0.3) is 5.57 Å². The standard InChI is InChI=1S/C17H15NO2/c1-11-14-8-7-13(20-2)9-12(14)10-17(18-19)16-6-4-3-5-15(11)16/h3-9,19H,1,10H2,2H3. The van der Waals surface area contributed by atoms with Gasteiger partial charge in [-0.25, -0.2) is 0 Å². The van der Waals surface area contributed by atoms with E-state index in [0.717, 1.165) is 33.6 Å². The van der Waals surface area contributed by atoms with Gasteiger partial charge in [0.25, 0.3) is 0 Å². The maximum atomic E-state index is 9.33. The zero-order chi connectivity index (χ0) is 14.1. The Balaban J connectivity index is 2.25. The first-order chi connectivity index (χ1) is 9.74. The summed E-state index contributed by atoms with van der Waals surface area (Å²) in [5.41, 5.74) is 5.64. The Labute approximate surface area is 117 Å². The highest BCUT2D eigenvalue weighted by molar-refractivity contribution is 6.08. The summed E-state index contributed by atoms with van der Waals surface area (Å²) in [6.45, 7) is 4.20. The first-order valence-electron chi connectivity index (χ1n) is 6.41. The second-order valence-corrected chi connectivity index (χ2v) is 4.77. The van der Waals surface area contributed by atoms with E-state index in [9.17, 15) is 5.21 Å². The highest BCUT2D eigenvalue weighted by atomic mass is 16.5.